The Balaban J connectivity index is 2.27. The first-order valence-electron chi connectivity index (χ1n) is 7.85. The molecule has 0 aliphatic carbocycles. The number of halogens is 2. The van der Waals surface area contributed by atoms with Crippen LogP contribution in [0.5, 0.6) is 0 Å². The standard InChI is InChI=1S/C20H17F2N3/c1-20(2,3)25-19-18-15(8-14(21)9-17(18)22)16(11-24-19)13-6-4-12(10-23)5-7-13/h4-9,11H,1-3H3,(H,24,25). The van der Waals surface area contributed by atoms with Gasteiger partial charge in [0, 0.05) is 28.8 Å². The van der Waals surface area contributed by atoms with Gasteiger partial charge in [0.25, 0.3) is 0 Å². The predicted octanol–water partition coefficient (Wildman–Crippen LogP) is 5.26. The van der Waals surface area contributed by atoms with E-state index in [1.807, 2.05) is 20.8 Å². The van der Waals surface area contributed by atoms with Gasteiger partial charge in [0.15, 0.2) is 0 Å². The maximum Gasteiger partial charge on any atom is 0.137 e. The molecule has 0 aliphatic heterocycles. The van der Waals surface area contributed by atoms with Gasteiger partial charge in [0.1, 0.15) is 17.5 Å². The van der Waals surface area contributed by atoms with Gasteiger partial charge in [0.05, 0.1) is 17.0 Å². The first-order chi connectivity index (χ1) is 11.8. The first kappa shape index (κ1) is 16.8. The fraction of sp³-hybridized carbons (Fsp3) is 0.200. The van der Waals surface area contributed by atoms with Crippen LogP contribution < -0.4 is 5.32 Å². The van der Waals surface area contributed by atoms with Crippen LogP contribution in [0.4, 0.5) is 14.6 Å². The van der Waals surface area contributed by atoms with E-state index >= 15 is 0 Å². The van der Waals surface area contributed by atoms with Gasteiger partial charge in [-0.2, -0.15) is 5.26 Å². The molecule has 2 aromatic carbocycles. The second-order valence-corrected chi connectivity index (χ2v) is 6.89. The van der Waals surface area contributed by atoms with Gasteiger partial charge in [-0.3, -0.25) is 0 Å². The number of hydrogen-bond donors (Lipinski definition) is 1. The lowest BCUT2D eigenvalue weighted by Gasteiger charge is -2.23. The lowest BCUT2D eigenvalue weighted by molar-refractivity contribution is 0.591. The number of nitrogens with zero attached hydrogens (tertiary/aromatic N) is 2. The van der Waals surface area contributed by atoms with Crippen molar-refractivity contribution in [2.75, 3.05) is 5.32 Å². The Kier molecular flexibility index (Phi) is 4.13. The summed E-state index contributed by atoms with van der Waals surface area (Å²) in [5.41, 5.74) is 1.54. The van der Waals surface area contributed by atoms with Crippen molar-refractivity contribution in [2.45, 2.75) is 26.3 Å². The topological polar surface area (TPSA) is 48.7 Å². The average molecular weight is 337 g/mol. The number of hydrogen-bond acceptors (Lipinski definition) is 3. The van der Waals surface area contributed by atoms with E-state index in [9.17, 15) is 8.78 Å². The Morgan fingerprint density at radius 3 is 2.36 bits per heavy atom. The number of pyridine rings is 1. The third-order valence-corrected chi connectivity index (χ3v) is 3.72. The maximum absolute atomic E-state index is 14.5. The molecule has 0 fully saturated rings. The molecule has 0 saturated carbocycles. The number of nitriles is 1. The van der Waals surface area contributed by atoms with E-state index < -0.39 is 11.6 Å². The Morgan fingerprint density at radius 2 is 1.76 bits per heavy atom. The van der Waals surface area contributed by atoms with Crippen LogP contribution in [-0.2, 0) is 0 Å². The molecule has 3 rings (SSSR count). The van der Waals surface area contributed by atoms with Gasteiger partial charge in [-0.15, -0.1) is 0 Å². The highest BCUT2D eigenvalue weighted by atomic mass is 19.1. The van der Waals surface area contributed by atoms with E-state index in [-0.39, 0.29) is 10.9 Å². The molecule has 25 heavy (non-hydrogen) atoms. The summed E-state index contributed by atoms with van der Waals surface area (Å²) in [6.07, 6.45) is 1.59. The highest BCUT2D eigenvalue weighted by Crippen LogP contribution is 2.35. The van der Waals surface area contributed by atoms with Crippen LogP contribution in [0.25, 0.3) is 21.9 Å². The molecule has 3 nitrogen and oxygen atoms in total. The maximum atomic E-state index is 14.5. The average Bonchev–Trinajstić information content (AvgIpc) is 2.53. The minimum atomic E-state index is -0.662. The zero-order valence-electron chi connectivity index (χ0n) is 14.2. The SMILES string of the molecule is CC(C)(C)Nc1ncc(-c2ccc(C#N)cc2)c2cc(F)cc(F)c12. The quantitative estimate of drug-likeness (QED) is 0.694. The number of benzene rings is 2. The van der Waals surface area contributed by atoms with E-state index in [0.29, 0.717) is 22.3 Å². The molecule has 0 saturated heterocycles. The third-order valence-electron chi connectivity index (χ3n) is 3.72. The normalized spacial score (nSPS) is 11.4. The van der Waals surface area contributed by atoms with Crippen molar-refractivity contribution in [1.82, 2.24) is 4.98 Å². The van der Waals surface area contributed by atoms with Crippen LogP contribution in [-0.4, -0.2) is 10.5 Å². The van der Waals surface area contributed by atoms with Crippen molar-refractivity contribution in [3.05, 3.63) is 59.8 Å². The van der Waals surface area contributed by atoms with Crippen molar-refractivity contribution in [1.29, 1.82) is 5.26 Å². The number of anilines is 1. The molecular weight excluding hydrogens is 320 g/mol. The first-order valence-corrected chi connectivity index (χ1v) is 7.85. The van der Waals surface area contributed by atoms with Gasteiger partial charge < -0.3 is 5.32 Å². The van der Waals surface area contributed by atoms with Crippen molar-refractivity contribution >= 4 is 16.6 Å². The minimum absolute atomic E-state index is 0.248. The molecular formula is C20H17F2N3. The smallest absolute Gasteiger partial charge is 0.137 e. The van der Waals surface area contributed by atoms with Gasteiger partial charge in [0.2, 0.25) is 0 Å². The fourth-order valence-corrected chi connectivity index (χ4v) is 2.69. The van der Waals surface area contributed by atoms with E-state index in [0.717, 1.165) is 11.6 Å². The summed E-state index contributed by atoms with van der Waals surface area (Å²) in [5, 5.41) is 12.8. The number of fused-ring (bicyclic) bond motifs is 1. The van der Waals surface area contributed by atoms with E-state index in [4.69, 9.17) is 5.26 Å². The van der Waals surface area contributed by atoms with Crippen molar-refractivity contribution in [3.8, 4) is 17.2 Å². The lowest BCUT2D eigenvalue weighted by atomic mass is 9.98. The van der Waals surface area contributed by atoms with Crippen LogP contribution in [0.3, 0.4) is 0 Å². The van der Waals surface area contributed by atoms with E-state index in [2.05, 4.69) is 16.4 Å². The molecule has 1 aromatic heterocycles. The van der Waals surface area contributed by atoms with Crippen LogP contribution >= 0.6 is 0 Å². The molecule has 0 radical (unpaired) electrons. The largest absolute Gasteiger partial charge is 0.365 e. The molecule has 0 aliphatic rings. The third kappa shape index (κ3) is 3.43. The number of rotatable bonds is 2. The molecule has 126 valence electrons. The van der Waals surface area contributed by atoms with Gasteiger partial charge in [-0.25, -0.2) is 13.8 Å². The summed E-state index contributed by atoms with van der Waals surface area (Å²) in [4.78, 5) is 4.36. The lowest BCUT2D eigenvalue weighted by Crippen LogP contribution is -2.27. The summed E-state index contributed by atoms with van der Waals surface area (Å²) in [5.74, 6) is -0.935. The van der Waals surface area contributed by atoms with Crippen molar-refractivity contribution < 1.29 is 8.78 Å². The molecule has 0 amide bonds. The van der Waals surface area contributed by atoms with E-state index in [1.165, 1.54) is 6.07 Å². The van der Waals surface area contributed by atoms with Crippen LogP contribution in [0.2, 0.25) is 0 Å². The van der Waals surface area contributed by atoms with Crippen molar-refractivity contribution in [2.24, 2.45) is 0 Å². The summed E-state index contributed by atoms with van der Waals surface area (Å²) >= 11 is 0. The molecule has 0 atom stereocenters. The van der Waals surface area contributed by atoms with Crippen LogP contribution in [0, 0.1) is 23.0 Å². The monoisotopic (exact) mass is 337 g/mol. The second-order valence-electron chi connectivity index (χ2n) is 6.89. The fourth-order valence-electron chi connectivity index (χ4n) is 2.69. The second kappa shape index (κ2) is 6.14. The minimum Gasteiger partial charge on any atom is -0.365 e. The summed E-state index contributed by atoms with van der Waals surface area (Å²) in [6, 6.07) is 11.0. The summed E-state index contributed by atoms with van der Waals surface area (Å²) in [7, 11) is 0. The van der Waals surface area contributed by atoms with Crippen molar-refractivity contribution in [3.63, 3.8) is 0 Å². The number of nitrogens with one attached hydrogen (secondary N) is 1. The van der Waals surface area contributed by atoms with Crippen LogP contribution in [0.15, 0.2) is 42.6 Å². The highest BCUT2D eigenvalue weighted by molar-refractivity contribution is 6.02. The molecule has 0 bridgehead atoms. The summed E-state index contributed by atoms with van der Waals surface area (Å²) in [6.45, 7) is 5.82. The molecule has 5 heteroatoms. The number of aromatic nitrogens is 1. The van der Waals surface area contributed by atoms with Gasteiger partial charge in [-0.05, 0) is 44.5 Å². The Hall–Kier alpha value is -3.00. The summed E-state index contributed by atoms with van der Waals surface area (Å²) < 4.78 is 28.4. The highest BCUT2D eigenvalue weighted by Gasteiger charge is 2.18. The van der Waals surface area contributed by atoms with E-state index in [1.54, 1.807) is 30.5 Å². The predicted molar refractivity (Wildman–Crippen MR) is 95.2 cm³/mol. The van der Waals surface area contributed by atoms with Gasteiger partial charge >= 0.3 is 0 Å². The molecule has 0 unspecified atom stereocenters. The molecule has 1 N–H and O–H groups in total. The molecule has 3 aromatic rings. The zero-order chi connectivity index (χ0) is 18.2. The van der Waals surface area contributed by atoms with Gasteiger partial charge in [-0.1, -0.05) is 12.1 Å². The Morgan fingerprint density at radius 1 is 1.08 bits per heavy atom. The Labute approximate surface area is 144 Å². The van der Waals surface area contributed by atoms with Crippen LogP contribution in [0.1, 0.15) is 26.3 Å². The molecule has 0 spiro atoms. The molecule has 1 heterocycles. The zero-order valence-corrected chi connectivity index (χ0v) is 14.2. The Bertz CT molecular complexity index is 981.